The predicted molar refractivity (Wildman–Crippen MR) is 104 cm³/mol. The van der Waals surface area contributed by atoms with Crippen LogP contribution in [-0.2, 0) is 21.0 Å². The number of halogens is 6. The third kappa shape index (κ3) is 9.03. The molecule has 13 heteroatoms. The minimum atomic E-state index is -4.91. The molecule has 0 aliphatic rings. The molecule has 0 saturated heterocycles. The quantitative estimate of drug-likeness (QED) is 0.456. The molecule has 2 aromatic rings. The molecule has 0 aliphatic carbocycles. The summed E-state index contributed by atoms with van der Waals surface area (Å²) < 4.78 is 104. The molecule has 2 rings (SSSR count). The maximum absolute atomic E-state index is 12.6. The average molecular weight is 494 g/mol. The standard InChI is InChI=1S/C20H16F6N2O4S/c21-19(22,23)15-5-1-3-14(13-15)4-2-11-27-18(29)10-12-28-33(30,31)17-8-6-16(7-9-17)32-20(24,25)26/h1,3,5-9,13,28H,10-12H2,(H,27,29). The van der Waals surface area contributed by atoms with Gasteiger partial charge in [-0.25, -0.2) is 13.1 Å². The SMILES string of the molecule is O=C(CCNS(=O)(=O)c1ccc(OC(F)(F)F)cc1)NCC#Cc1cccc(C(F)(F)F)c1. The Morgan fingerprint density at radius 3 is 2.27 bits per heavy atom. The largest absolute Gasteiger partial charge is 0.573 e. The van der Waals surface area contributed by atoms with Crippen LogP contribution < -0.4 is 14.8 Å². The highest BCUT2D eigenvalue weighted by atomic mass is 32.2. The van der Waals surface area contributed by atoms with Crippen molar-refractivity contribution in [2.75, 3.05) is 13.1 Å². The van der Waals surface area contributed by atoms with Crippen LogP contribution in [0.4, 0.5) is 26.3 Å². The normalized spacial score (nSPS) is 11.9. The number of amides is 1. The summed E-state index contributed by atoms with van der Waals surface area (Å²) in [6.45, 7) is -0.488. The summed E-state index contributed by atoms with van der Waals surface area (Å²) in [5, 5.41) is 2.36. The number of carbonyl (C=O) groups is 1. The van der Waals surface area contributed by atoms with Crippen LogP contribution in [0.25, 0.3) is 0 Å². The van der Waals surface area contributed by atoms with Crippen LogP contribution in [0.1, 0.15) is 17.5 Å². The van der Waals surface area contributed by atoms with Crippen LogP contribution >= 0.6 is 0 Å². The number of sulfonamides is 1. The molecule has 0 spiro atoms. The van der Waals surface area contributed by atoms with Crippen molar-refractivity contribution in [3.8, 4) is 17.6 Å². The Morgan fingerprint density at radius 2 is 1.67 bits per heavy atom. The lowest BCUT2D eigenvalue weighted by atomic mass is 10.1. The van der Waals surface area contributed by atoms with Gasteiger partial charge in [0.2, 0.25) is 15.9 Å². The molecule has 0 aromatic heterocycles. The molecule has 2 N–H and O–H groups in total. The number of nitrogens with one attached hydrogen (secondary N) is 2. The fourth-order valence-electron chi connectivity index (χ4n) is 2.35. The lowest BCUT2D eigenvalue weighted by molar-refractivity contribution is -0.274. The van der Waals surface area contributed by atoms with Gasteiger partial charge >= 0.3 is 12.5 Å². The third-order valence-electron chi connectivity index (χ3n) is 3.81. The molecule has 0 saturated carbocycles. The molecular formula is C20H16F6N2O4S. The lowest BCUT2D eigenvalue weighted by Gasteiger charge is -2.10. The molecule has 6 nitrogen and oxygen atoms in total. The van der Waals surface area contributed by atoms with Crippen LogP contribution in [-0.4, -0.2) is 33.8 Å². The van der Waals surface area contributed by atoms with Crippen molar-refractivity contribution in [1.82, 2.24) is 10.0 Å². The first-order chi connectivity index (χ1) is 15.3. The first kappa shape index (κ1) is 26.0. The van der Waals surface area contributed by atoms with Crippen LogP contribution in [0.3, 0.4) is 0 Å². The molecule has 0 aliphatic heterocycles. The number of ether oxygens (including phenoxy) is 1. The lowest BCUT2D eigenvalue weighted by Crippen LogP contribution is -2.31. The van der Waals surface area contributed by atoms with E-state index in [-0.39, 0.29) is 30.0 Å². The first-order valence-corrected chi connectivity index (χ1v) is 10.5. The van der Waals surface area contributed by atoms with E-state index in [1.54, 1.807) is 0 Å². The summed E-state index contributed by atoms with van der Waals surface area (Å²) >= 11 is 0. The van der Waals surface area contributed by atoms with Crippen molar-refractivity contribution in [2.24, 2.45) is 0 Å². The van der Waals surface area contributed by atoms with Gasteiger partial charge < -0.3 is 10.1 Å². The Hall–Kier alpha value is -3.24. The van der Waals surface area contributed by atoms with Gasteiger partial charge in [-0.2, -0.15) is 13.2 Å². The van der Waals surface area contributed by atoms with E-state index in [0.29, 0.717) is 0 Å². The molecule has 0 bridgehead atoms. The summed E-state index contributed by atoms with van der Waals surface area (Å²) in [6, 6.07) is 7.83. The van der Waals surface area contributed by atoms with Gasteiger partial charge in [0.25, 0.3) is 0 Å². The zero-order valence-corrected chi connectivity index (χ0v) is 17.4. The maximum atomic E-state index is 12.6. The summed E-state index contributed by atoms with van der Waals surface area (Å²) in [5.41, 5.74) is -0.744. The summed E-state index contributed by atoms with van der Waals surface area (Å²) in [7, 11) is -4.08. The fourth-order valence-corrected chi connectivity index (χ4v) is 3.39. The van der Waals surface area contributed by atoms with E-state index in [4.69, 9.17) is 0 Å². The Morgan fingerprint density at radius 1 is 1.00 bits per heavy atom. The Balaban J connectivity index is 1.80. The van der Waals surface area contributed by atoms with E-state index in [9.17, 15) is 39.6 Å². The molecule has 0 heterocycles. The molecule has 33 heavy (non-hydrogen) atoms. The summed E-state index contributed by atoms with van der Waals surface area (Å²) in [6.07, 6.45) is -9.69. The number of rotatable bonds is 7. The van der Waals surface area contributed by atoms with Crippen LogP contribution in [0, 0.1) is 11.8 Å². The van der Waals surface area contributed by atoms with Crippen molar-refractivity contribution < 1.29 is 44.3 Å². The van der Waals surface area contributed by atoms with E-state index in [1.807, 2.05) is 0 Å². The summed E-state index contributed by atoms with van der Waals surface area (Å²) in [5.74, 6) is 3.79. The number of hydrogen-bond acceptors (Lipinski definition) is 4. The molecular weight excluding hydrogens is 478 g/mol. The maximum Gasteiger partial charge on any atom is 0.573 e. The molecule has 178 valence electrons. The molecule has 1 amide bonds. The Labute approximate surface area is 185 Å². The topological polar surface area (TPSA) is 84.5 Å². The zero-order valence-electron chi connectivity index (χ0n) is 16.5. The predicted octanol–water partition coefficient (Wildman–Crippen LogP) is 3.44. The smallest absolute Gasteiger partial charge is 0.406 e. The van der Waals surface area contributed by atoms with Crippen molar-refractivity contribution in [3.63, 3.8) is 0 Å². The Bertz CT molecular complexity index is 1130. The minimum Gasteiger partial charge on any atom is -0.406 e. The average Bonchev–Trinajstić information content (AvgIpc) is 2.70. The number of carbonyl (C=O) groups excluding carboxylic acids is 1. The van der Waals surface area contributed by atoms with Gasteiger partial charge in [0.1, 0.15) is 5.75 Å². The van der Waals surface area contributed by atoms with E-state index in [0.717, 1.165) is 36.4 Å². The molecule has 0 fully saturated rings. The van der Waals surface area contributed by atoms with Crippen LogP contribution in [0.15, 0.2) is 53.4 Å². The summed E-state index contributed by atoms with van der Waals surface area (Å²) in [4.78, 5) is 11.4. The molecule has 0 atom stereocenters. The molecule has 0 radical (unpaired) electrons. The van der Waals surface area contributed by atoms with Crippen molar-refractivity contribution >= 4 is 15.9 Å². The van der Waals surface area contributed by atoms with Gasteiger partial charge in [-0.3, -0.25) is 4.79 Å². The fraction of sp³-hybridized carbons (Fsp3) is 0.250. The van der Waals surface area contributed by atoms with E-state index >= 15 is 0 Å². The van der Waals surface area contributed by atoms with E-state index in [2.05, 4.69) is 26.6 Å². The second-order valence-corrected chi connectivity index (χ2v) is 8.09. The third-order valence-corrected chi connectivity index (χ3v) is 5.29. The zero-order chi connectivity index (χ0) is 24.7. The van der Waals surface area contributed by atoms with E-state index < -0.39 is 39.8 Å². The van der Waals surface area contributed by atoms with Gasteiger partial charge in [0.15, 0.2) is 0 Å². The van der Waals surface area contributed by atoms with Crippen LogP contribution in [0.5, 0.6) is 5.75 Å². The number of hydrogen-bond donors (Lipinski definition) is 2. The second-order valence-electron chi connectivity index (χ2n) is 6.32. The first-order valence-electron chi connectivity index (χ1n) is 9.04. The van der Waals surface area contributed by atoms with Gasteiger partial charge in [-0.05, 0) is 42.5 Å². The van der Waals surface area contributed by atoms with Gasteiger partial charge in [0.05, 0.1) is 17.0 Å². The van der Waals surface area contributed by atoms with Gasteiger partial charge in [-0.15, -0.1) is 13.2 Å². The minimum absolute atomic E-state index is 0.110. The van der Waals surface area contributed by atoms with E-state index in [1.165, 1.54) is 12.1 Å². The van der Waals surface area contributed by atoms with Gasteiger partial charge in [0, 0.05) is 18.5 Å². The highest BCUT2D eigenvalue weighted by molar-refractivity contribution is 7.89. The van der Waals surface area contributed by atoms with Crippen molar-refractivity contribution in [1.29, 1.82) is 0 Å². The monoisotopic (exact) mass is 494 g/mol. The number of benzene rings is 2. The van der Waals surface area contributed by atoms with Crippen molar-refractivity contribution in [2.45, 2.75) is 23.9 Å². The van der Waals surface area contributed by atoms with Crippen LogP contribution in [0.2, 0.25) is 0 Å². The Kier molecular flexibility index (Phi) is 8.34. The van der Waals surface area contributed by atoms with Crippen molar-refractivity contribution in [3.05, 3.63) is 59.7 Å². The number of alkyl halides is 6. The second kappa shape index (κ2) is 10.6. The highest BCUT2D eigenvalue weighted by Crippen LogP contribution is 2.29. The van der Waals surface area contributed by atoms with Gasteiger partial charge in [-0.1, -0.05) is 17.9 Å². The molecule has 2 aromatic carbocycles. The highest BCUT2D eigenvalue weighted by Gasteiger charge is 2.31. The molecule has 0 unspecified atom stereocenters.